The average Bonchev–Trinajstić information content (AvgIpc) is 3.26. The van der Waals surface area contributed by atoms with Crippen molar-refractivity contribution in [3.8, 4) is 17.0 Å². The van der Waals surface area contributed by atoms with E-state index in [9.17, 15) is 9.90 Å². The summed E-state index contributed by atoms with van der Waals surface area (Å²) >= 11 is 0. The SMILES string of the molecule is CN1C2CCC1CC(/C=C/C(=O)N1CC(c3cc4cc(-c5ccccc5O)nnc4[nH]3)C1)C2. The number of hydrogen-bond acceptors (Lipinski definition) is 5. The summed E-state index contributed by atoms with van der Waals surface area (Å²) in [5, 5.41) is 19.6. The van der Waals surface area contributed by atoms with Gasteiger partial charge in [-0.1, -0.05) is 18.2 Å². The molecular formula is C26H29N5O2. The van der Waals surface area contributed by atoms with Crippen molar-refractivity contribution >= 4 is 16.9 Å². The number of fused-ring (bicyclic) bond motifs is 3. The van der Waals surface area contributed by atoms with E-state index in [-0.39, 0.29) is 17.6 Å². The number of para-hydroxylation sites is 1. The second kappa shape index (κ2) is 7.99. The van der Waals surface area contributed by atoms with Crippen molar-refractivity contribution in [2.24, 2.45) is 5.92 Å². The van der Waals surface area contributed by atoms with Crippen molar-refractivity contribution in [3.63, 3.8) is 0 Å². The Bertz CT molecular complexity index is 1210. The van der Waals surface area contributed by atoms with Gasteiger partial charge in [0.25, 0.3) is 0 Å². The lowest BCUT2D eigenvalue weighted by Gasteiger charge is -2.38. The number of phenols is 1. The number of allylic oxidation sites excluding steroid dienone is 1. The molecule has 0 saturated carbocycles. The first-order valence-corrected chi connectivity index (χ1v) is 11.9. The summed E-state index contributed by atoms with van der Waals surface area (Å²) in [6.45, 7) is 1.43. The molecule has 0 aliphatic carbocycles. The maximum Gasteiger partial charge on any atom is 0.246 e. The quantitative estimate of drug-likeness (QED) is 0.601. The minimum atomic E-state index is 0.121. The van der Waals surface area contributed by atoms with E-state index in [1.54, 1.807) is 18.2 Å². The number of phenolic OH excluding ortho intramolecular Hbond substituents is 1. The number of hydrogen-bond donors (Lipinski definition) is 2. The standard InChI is InChI=1S/C26H29N5O2/c1-30-19-7-8-20(30)11-16(10-19)6-9-25(33)31-14-18(15-31)22-12-17-13-23(28-29-26(17)27-22)21-4-2-3-5-24(21)32/h2-6,9,12-13,16,18-20,32H,7-8,10-11,14-15H2,1H3,(H,27,29)/b9-6+. The van der Waals surface area contributed by atoms with Crippen molar-refractivity contribution < 1.29 is 9.90 Å². The van der Waals surface area contributed by atoms with Crippen LogP contribution in [-0.2, 0) is 4.79 Å². The van der Waals surface area contributed by atoms with Gasteiger partial charge < -0.3 is 19.9 Å². The molecule has 3 fully saturated rings. The maximum atomic E-state index is 12.7. The Morgan fingerprint density at radius 2 is 1.88 bits per heavy atom. The van der Waals surface area contributed by atoms with Crippen molar-refractivity contribution in [2.45, 2.75) is 43.7 Å². The van der Waals surface area contributed by atoms with Crippen LogP contribution in [0.2, 0.25) is 0 Å². The van der Waals surface area contributed by atoms with Crippen LogP contribution in [0.1, 0.15) is 37.3 Å². The second-order valence-corrected chi connectivity index (χ2v) is 9.86. The molecule has 170 valence electrons. The number of carbonyl (C=O) groups excluding carboxylic acids is 1. The van der Waals surface area contributed by atoms with Gasteiger partial charge in [0.15, 0.2) is 5.65 Å². The molecule has 3 saturated heterocycles. The Morgan fingerprint density at radius 3 is 2.64 bits per heavy atom. The molecule has 7 heteroatoms. The van der Waals surface area contributed by atoms with Crippen molar-refractivity contribution in [1.29, 1.82) is 0 Å². The van der Waals surface area contributed by atoms with Crippen molar-refractivity contribution in [1.82, 2.24) is 25.0 Å². The predicted molar refractivity (Wildman–Crippen MR) is 127 cm³/mol. The number of aromatic amines is 1. The summed E-state index contributed by atoms with van der Waals surface area (Å²) in [6.07, 6.45) is 8.93. The number of nitrogens with one attached hydrogen (secondary N) is 1. The molecule has 5 heterocycles. The fourth-order valence-corrected chi connectivity index (χ4v) is 5.79. The third-order valence-electron chi connectivity index (χ3n) is 7.86. The van der Waals surface area contributed by atoms with Gasteiger partial charge in [-0.05, 0) is 69.0 Å². The highest BCUT2D eigenvalue weighted by Crippen LogP contribution is 2.38. The normalized spacial score (nSPS) is 25.7. The molecule has 3 aliphatic heterocycles. The molecule has 2 atom stereocenters. The van der Waals surface area contributed by atoms with E-state index in [1.807, 2.05) is 23.1 Å². The number of amides is 1. The first kappa shape index (κ1) is 20.4. The van der Waals surface area contributed by atoms with Gasteiger partial charge in [0.2, 0.25) is 5.91 Å². The van der Waals surface area contributed by atoms with Crippen LogP contribution in [0.15, 0.2) is 48.6 Å². The van der Waals surface area contributed by atoms with Crippen LogP contribution >= 0.6 is 0 Å². The molecule has 2 aromatic heterocycles. The first-order chi connectivity index (χ1) is 16.0. The molecule has 33 heavy (non-hydrogen) atoms. The number of nitrogens with zero attached hydrogens (tertiary/aromatic N) is 4. The van der Waals surface area contributed by atoms with E-state index >= 15 is 0 Å². The number of aromatic nitrogens is 3. The number of piperidine rings is 1. The number of benzene rings is 1. The van der Waals surface area contributed by atoms with Crippen molar-refractivity contribution in [3.05, 3.63) is 54.2 Å². The van der Waals surface area contributed by atoms with Gasteiger partial charge in [-0.2, -0.15) is 0 Å². The van der Waals surface area contributed by atoms with Gasteiger partial charge in [-0.15, -0.1) is 10.2 Å². The van der Waals surface area contributed by atoms with E-state index in [2.05, 4.69) is 39.3 Å². The van der Waals surface area contributed by atoms with Gasteiger partial charge in [0, 0.05) is 47.7 Å². The minimum Gasteiger partial charge on any atom is -0.507 e. The lowest BCUT2D eigenvalue weighted by Crippen LogP contribution is -2.48. The largest absolute Gasteiger partial charge is 0.507 e. The molecule has 1 aromatic carbocycles. The Morgan fingerprint density at radius 1 is 1.12 bits per heavy atom. The van der Waals surface area contributed by atoms with E-state index < -0.39 is 0 Å². The Hall–Kier alpha value is -3.19. The molecule has 3 aromatic rings. The number of carbonyl (C=O) groups is 1. The Balaban J connectivity index is 1.09. The van der Waals surface area contributed by atoms with Gasteiger partial charge in [0.1, 0.15) is 5.75 Å². The summed E-state index contributed by atoms with van der Waals surface area (Å²) in [7, 11) is 2.25. The fourth-order valence-electron chi connectivity index (χ4n) is 5.79. The monoisotopic (exact) mass is 443 g/mol. The van der Waals surface area contributed by atoms with Gasteiger partial charge in [0.05, 0.1) is 5.69 Å². The molecule has 2 N–H and O–H groups in total. The lowest BCUT2D eigenvalue weighted by atomic mass is 9.90. The first-order valence-electron chi connectivity index (χ1n) is 11.9. The predicted octanol–water partition coefficient (Wildman–Crippen LogP) is 3.69. The zero-order valence-electron chi connectivity index (χ0n) is 18.8. The van der Waals surface area contributed by atoms with Crippen LogP contribution in [0, 0.1) is 5.92 Å². The van der Waals surface area contributed by atoms with E-state index in [4.69, 9.17) is 0 Å². The van der Waals surface area contributed by atoms with Crippen LogP contribution in [-0.4, -0.2) is 68.2 Å². The van der Waals surface area contributed by atoms with E-state index in [0.717, 1.165) is 16.7 Å². The third-order valence-corrected chi connectivity index (χ3v) is 7.86. The maximum absolute atomic E-state index is 12.7. The minimum absolute atomic E-state index is 0.121. The summed E-state index contributed by atoms with van der Waals surface area (Å²) in [5.74, 6) is 1.13. The highest BCUT2D eigenvalue weighted by molar-refractivity contribution is 5.88. The molecule has 0 spiro atoms. The Labute approximate surface area is 193 Å². The molecule has 1 amide bonds. The van der Waals surface area contributed by atoms with Crippen LogP contribution in [0.4, 0.5) is 0 Å². The molecule has 0 radical (unpaired) electrons. The summed E-state index contributed by atoms with van der Waals surface area (Å²) in [6, 6.07) is 12.6. The van der Waals surface area contributed by atoms with Crippen molar-refractivity contribution in [2.75, 3.05) is 20.1 Å². The number of likely N-dealkylation sites (tertiary alicyclic amines) is 1. The highest BCUT2D eigenvalue weighted by Gasteiger charge is 2.38. The van der Waals surface area contributed by atoms with E-state index in [0.29, 0.717) is 42.3 Å². The van der Waals surface area contributed by atoms with Crippen LogP contribution in [0.25, 0.3) is 22.3 Å². The smallest absolute Gasteiger partial charge is 0.246 e. The number of aromatic hydroxyl groups is 1. The van der Waals surface area contributed by atoms with E-state index in [1.165, 1.54) is 25.7 Å². The van der Waals surface area contributed by atoms with Gasteiger partial charge in [-0.3, -0.25) is 4.79 Å². The summed E-state index contributed by atoms with van der Waals surface area (Å²) < 4.78 is 0. The van der Waals surface area contributed by atoms with Gasteiger partial charge >= 0.3 is 0 Å². The van der Waals surface area contributed by atoms with Crippen LogP contribution in [0.3, 0.4) is 0 Å². The zero-order valence-corrected chi connectivity index (χ0v) is 18.8. The summed E-state index contributed by atoms with van der Waals surface area (Å²) in [4.78, 5) is 20.5. The lowest BCUT2D eigenvalue weighted by molar-refractivity contribution is -0.130. The Kier molecular flexibility index (Phi) is 4.94. The molecule has 3 aliphatic rings. The number of rotatable bonds is 4. The molecule has 2 unspecified atom stereocenters. The van der Waals surface area contributed by atoms with Crippen LogP contribution < -0.4 is 0 Å². The molecule has 2 bridgehead atoms. The fraction of sp³-hybridized carbons (Fsp3) is 0.423. The third kappa shape index (κ3) is 3.70. The zero-order chi connectivity index (χ0) is 22.5. The average molecular weight is 444 g/mol. The molecule has 7 nitrogen and oxygen atoms in total. The highest BCUT2D eigenvalue weighted by atomic mass is 16.3. The summed E-state index contributed by atoms with van der Waals surface area (Å²) in [5.41, 5.74) is 3.11. The molecular weight excluding hydrogens is 414 g/mol. The second-order valence-electron chi connectivity index (χ2n) is 9.86. The topological polar surface area (TPSA) is 85.3 Å². The number of H-pyrrole nitrogens is 1. The van der Waals surface area contributed by atoms with Crippen LogP contribution in [0.5, 0.6) is 5.75 Å². The molecule has 6 rings (SSSR count). The van der Waals surface area contributed by atoms with Gasteiger partial charge in [-0.25, -0.2) is 0 Å².